The van der Waals surface area contributed by atoms with Crippen LogP contribution in [0.5, 0.6) is 5.75 Å². The number of rotatable bonds is 18. The number of thiophene rings is 1. The molecule has 0 atom stereocenters. The first-order valence-corrected chi connectivity index (χ1v) is 18.7. The number of methoxy groups -OCH3 is 1. The average molecular weight is 681 g/mol. The number of hydrogen-bond acceptors (Lipinski definition) is 6. The van der Waals surface area contributed by atoms with E-state index in [9.17, 15) is 15.8 Å². The van der Waals surface area contributed by atoms with Gasteiger partial charge in [0.2, 0.25) is 0 Å². The van der Waals surface area contributed by atoms with Crippen LogP contribution in [0.15, 0.2) is 78.4 Å². The molecule has 0 amide bonds. The minimum Gasteiger partial charge on any atom is -0.496 e. The zero-order chi connectivity index (χ0) is 35.7. The highest BCUT2D eigenvalue weighted by atomic mass is 32.1. The maximum atomic E-state index is 9.92. The van der Waals surface area contributed by atoms with Gasteiger partial charge in [-0.15, -0.1) is 11.3 Å². The van der Waals surface area contributed by atoms with Crippen molar-refractivity contribution in [3.05, 3.63) is 110 Å². The first-order valence-electron chi connectivity index (χ1n) is 17.9. The highest BCUT2D eigenvalue weighted by Gasteiger charge is 2.18. The Hall–Kier alpha value is -5.09. The van der Waals surface area contributed by atoms with Gasteiger partial charge in [-0.25, -0.2) is 0 Å². The van der Waals surface area contributed by atoms with E-state index >= 15 is 0 Å². The van der Waals surface area contributed by atoms with Crippen molar-refractivity contribution in [3.63, 3.8) is 0 Å². The molecule has 6 heteroatoms. The predicted molar refractivity (Wildman–Crippen MR) is 210 cm³/mol. The average Bonchev–Trinajstić information content (AvgIpc) is 3.56. The van der Waals surface area contributed by atoms with Gasteiger partial charge in [-0.3, -0.25) is 0 Å². The minimum atomic E-state index is -0.146. The van der Waals surface area contributed by atoms with Gasteiger partial charge in [-0.1, -0.05) is 77.1 Å². The smallest absolute Gasteiger partial charge is 0.148 e. The Morgan fingerprint density at radius 1 is 0.660 bits per heavy atom. The van der Waals surface area contributed by atoms with Crippen molar-refractivity contribution in [2.75, 3.05) is 12.0 Å². The summed E-state index contributed by atoms with van der Waals surface area (Å²) in [5.74, 6) is 0.744. The standard InChI is InChI=1S/C44H48N4OS/c1-5-8-11-12-15-36-28-41(50-44(36)42(32-47)37(30-45)31-46)27-21-35-20-26-40(29-43(35)49-4)48(38-22-16-33(17-23-38)13-9-6-2)39-24-18-34(19-25-39)14-10-7-3/h16-29H,5-15H2,1-4H3/b27-21+. The van der Waals surface area contributed by atoms with Gasteiger partial charge in [-0.2, -0.15) is 15.8 Å². The first-order chi connectivity index (χ1) is 24.5. The van der Waals surface area contributed by atoms with Crippen LogP contribution in [0.4, 0.5) is 17.1 Å². The molecule has 0 bridgehead atoms. The molecule has 4 aromatic rings. The molecule has 0 aliphatic heterocycles. The van der Waals surface area contributed by atoms with Crippen molar-refractivity contribution in [1.29, 1.82) is 15.8 Å². The lowest BCUT2D eigenvalue weighted by Crippen LogP contribution is -2.10. The number of aryl methyl sites for hydroxylation is 3. The van der Waals surface area contributed by atoms with Crippen molar-refractivity contribution in [2.24, 2.45) is 0 Å². The quantitative estimate of drug-likeness (QED) is 0.0771. The van der Waals surface area contributed by atoms with Gasteiger partial charge in [-0.05, 0) is 110 Å². The molecule has 0 aliphatic rings. The Morgan fingerprint density at radius 3 is 1.76 bits per heavy atom. The van der Waals surface area contributed by atoms with Gasteiger partial charge in [0, 0.05) is 33.6 Å². The number of ether oxygens (including phenoxy) is 1. The molecule has 0 fully saturated rings. The minimum absolute atomic E-state index is 0.146. The monoisotopic (exact) mass is 680 g/mol. The maximum absolute atomic E-state index is 9.92. The summed E-state index contributed by atoms with van der Waals surface area (Å²) >= 11 is 1.44. The fourth-order valence-corrected chi connectivity index (χ4v) is 7.12. The third-order valence-electron chi connectivity index (χ3n) is 8.87. The van der Waals surface area contributed by atoms with E-state index in [1.807, 2.05) is 24.3 Å². The fraction of sp³-hybridized carbons (Fsp3) is 0.341. The summed E-state index contributed by atoms with van der Waals surface area (Å²) in [5, 5.41) is 29.0. The van der Waals surface area contributed by atoms with Crippen LogP contribution in [0.25, 0.3) is 17.7 Å². The number of anilines is 3. The van der Waals surface area contributed by atoms with E-state index in [1.165, 1.54) is 48.1 Å². The molecule has 0 N–H and O–H groups in total. The molecule has 0 saturated heterocycles. The SMILES string of the molecule is CCCCCCc1cc(/C=C/c2ccc(N(c3ccc(CCCC)cc3)c3ccc(CCCC)cc3)cc2OC)sc1C(C#N)=C(C#N)C#N. The molecule has 1 heterocycles. The molecule has 1 aromatic heterocycles. The normalized spacial score (nSPS) is 10.7. The Morgan fingerprint density at radius 2 is 1.24 bits per heavy atom. The van der Waals surface area contributed by atoms with Crippen molar-refractivity contribution in [1.82, 2.24) is 0 Å². The summed E-state index contributed by atoms with van der Waals surface area (Å²) < 4.78 is 5.95. The second-order valence-electron chi connectivity index (χ2n) is 12.5. The van der Waals surface area contributed by atoms with Crippen LogP contribution in [0.2, 0.25) is 0 Å². The van der Waals surface area contributed by atoms with Gasteiger partial charge < -0.3 is 9.64 Å². The summed E-state index contributed by atoms with van der Waals surface area (Å²) in [4.78, 5) is 3.94. The van der Waals surface area contributed by atoms with Crippen LogP contribution >= 0.6 is 11.3 Å². The number of hydrogen-bond donors (Lipinski definition) is 0. The molecule has 50 heavy (non-hydrogen) atoms. The van der Waals surface area contributed by atoms with E-state index in [-0.39, 0.29) is 11.1 Å². The zero-order valence-corrected chi connectivity index (χ0v) is 30.8. The molecule has 0 unspecified atom stereocenters. The van der Waals surface area contributed by atoms with Crippen molar-refractivity contribution < 1.29 is 4.74 Å². The highest BCUT2D eigenvalue weighted by molar-refractivity contribution is 7.14. The largest absolute Gasteiger partial charge is 0.496 e. The second kappa shape index (κ2) is 19.8. The number of nitrogens with zero attached hydrogens (tertiary/aromatic N) is 4. The molecule has 4 rings (SSSR count). The molecule has 5 nitrogen and oxygen atoms in total. The molecule has 256 valence electrons. The van der Waals surface area contributed by atoms with Crippen LogP contribution in [0.3, 0.4) is 0 Å². The van der Waals surface area contributed by atoms with Gasteiger partial charge >= 0.3 is 0 Å². The van der Waals surface area contributed by atoms with E-state index in [2.05, 4.69) is 105 Å². The van der Waals surface area contributed by atoms with Crippen LogP contribution in [-0.4, -0.2) is 7.11 Å². The third-order valence-corrected chi connectivity index (χ3v) is 10.0. The van der Waals surface area contributed by atoms with Crippen LogP contribution < -0.4 is 9.64 Å². The molecule has 0 aliphatic carbocycles. The number of nitriles is 3. The third kappa shape index (κ3) is 9.98. The molecular formula is C44H48N4OS. The van der Waals surface area contributed by atoms with Crippen molar-refractivity contribution >= 4 is 46.1 Å². The maximum Gasteiger partial charge on any atom is 0.148 e. The van der Waals surface area contributed by atoms with E-state index in [0.717, 1.165) is 83.8 Å². The zero-order valence-electron chi connectivity index (χ0n) is 30.0. The summed E-state index contributed by atoms with van der Waals surface area (Å²) in [6, 6.07) is 32.1. The Bertz CT molecular complexity index is 1810. The summed E-state index contributed by atoms with van der Waals surface area (Å²) in [7, 11) is 1.69. The van der Waals surface area contributed by atoms with Crippen molar-refractivity contribution in [2.45, 2.75) is 91.4 Å². The number of unbranched alkanes of at least 4 members (excludes halogenated alkanes) is 5. The molecule has 0 radical (unpaired) electrons. The van der Waals surface area contributed by atoms with Gasteiger partial charge in [0.1, 0.15) is 29.5 Å². The topological polar surface area (TPSA) is 83.8 Å². The fourth-order valence-electron chi connectivity index (χ4n) is 6.01. The van der Waals surface area contributed by atoms with Gasteiger partial charge in [0.25, 0.3) is 0 Å². The molecule has 3 aromatic carbocycles. The first kappa shape index (κ1) is 37.7. The molecule has 0 spiro atoms. The number of allylic oxidation sites excluding steroid dienone is 2. The van der Waals surface area contributed by atoms with Gasteiger partial charge in [0.15, 0.2) is 0 Å². The summed E-state index contributed by atoms with van der Waals surface area (Å²) in [6.07, 6.45) is 16.1. The predicted octanol–water partition coefficient (Wildman–Crippen LogP) is 12.5. The van der Waals surface area contributed by atoms with Crippen LogP contribution in [0.1, 0.15) is 104 Å². The van der Waals surface area contributed by atoms with Gasteiger partial charge in [0.05, 0.1) is 17.6 Å². The number of benzene rings is 3. The summed E-state index contributed by atoms with van der Waals surface area (Å²) in [6.45, 7) is 6.62. The van der Waals surface area contributed by atoms with E-state index < -0.39 is 0 Å². The Labute approximate surface area is 303 Å². The lowest BCUT2D eigenvalue weighted by atomic mass is 10.0. The lowest BCUT2D eigenvalue weighted by Gasteiger charge is -2.26. The van der Waals surface area contributed by atoms with E-state index in [0.29, 0.717) is 4.88 Å². The second-order valence-corrected chi connectivity index (χ2v) is 13.6. The Kier molecular flexibility index (Phi) is 14.9. The van der Waals surface area contributed by atoms with E-state index in [1.54, 1.807) is 7.11 Å². The molecule has 0 saturated carbocycles. The van der Waals surface area contributed by atoms with Crippen LogP contribution in [0, 0.1) is 34.0 Å². The highest BCUT2D eigenvalue weighted by Crippen LogP contribution is 2.39. The molecular weight excluding hydrogens is 633 g/mol. The Balaban J connectivity index is 1.70. The van der Waals surface area contributed by atoms with E-state index in [4.69, 9.17) is 4.74 Å². The lowest BCUT2D eigenvalue weighted by molar-refractivity contribution is 0.414. The van der Waals surface area contributed by atoms with Crippen molar-refractivity contribution in [3.8, 4) is 24.0 Å². The van der Waals surface area contributed by atoms with Crippen LogP contribution in [-0.2, 0) is 19.3 Å². The summed E-state index contributed by atoms with van der Waals surface area (Å²) in [5.41, 5.74) is 7.80.